The van der Waals surface area contributed by atoms with Crippen molar-refractivity contribution in [2.75, 3.05) is 13.2 Å². The van der Waals surface area contributed by atoms with Crippen LogP contribution in [0.3, 0.4) is 0 Å². The van der Waals surface area contributed by atoms with Crippen molar-refractivity contribution in [2.45, 2.75) is 92.8 Å². The molecule has 5 aliphatic rings. The molecule has 0 radical (unpaired) electrons. The molecule has 242 valence electrons. The van der Waals surface area contributed by atoms with Crippen LogP contribution >= 0.6 is 0 Å². The number of esters is 2. The molecule has 1 aliphatic heterocycles. The summed E-state index contributed by atoms with van der Waals surface area (Å²) < 4.78 is 17.4. The molecule has 4 fully saturated rings. The van der Waals surface area contributed by atoms with Gasteiger partial charge in [0.05, 0.1) is 24.9 Å². The van der Waals surface area contributed by atoms with Crippen LogP contribution in [-0.2, 0) is 28.6 Å². The molecule has 1 saturated heterocycles. The zero-order valence-corrected chi connectivity index (χ0v) is 24.8. The fourth-order valence-electron chi connectivity index (χ4n) is 8.04. The average molecular weight is 619 g/mol. The first-order valence-electron chi connectivity index (χ1n) is 15.3. The highest BCUT2D eigenvalue weighted by molar-refractivity contribution is 6.01. The molecule has 0 aromatic rings. The van der Waals surface area contributed by atoms with Crippen LogP contribution in [0.25, 0.3) is 0 Å². The topological polar surface area (TPSA) is 204 Å². The number of aliphatic hydroxyl groups is 6. The van der Waals surface area contributed by atoms with Gasteiger partial charge in [0.15, 0.2) is 23.1 Å². The number of ketones is 1. The smallest absolute Gasteiger partial charge is 0.338 e. The highest BCUT2D eigenvalue weighted by Gasteiger charge is 2.88. The predicted octanol–water partition coefficient (Wildman–Crippen LogP) is -0.210. The van der Waals surface area contributed by atoms with Crippen molar-refractivity contribution in [3.05, 3.63) is 48.6 Å². The molecule has 0 bridgehead atoms. The van der Waals surface area contributed by atoms with Crippen LogP contribution in [0.15, 0.2) is 48.6 Å². The Morgan fingerprint density at radius 2 is 1.86 bits per heavy atom. The molecular formula is C32H42O12. The number of rotatable bonds is 12. The number of epoxide rings is 1. The lowest BCUT2D eigenvalue weighted by Crippen LogP contribution is -2.65. The Labute approximate surface area is 255 Å². The first-order valence-corrected chi connectivity index (χ1v) is 15.3. The second-order valence-electron chi connectivity index (χ2n) is 12.7. The third-order valence-corrected chi connectivity index (χ3v) is 10.4. The van der Waals surface area contributed by atoms with E-state index in [0.29, 0.717) is 0 Å². The van der Waals surface area contributed by atoms with Gasteiger partial charge in [0, 0.05) is 36.2 Å². The zero-order chi connectivity index (χ0) is 32.1. The Morgan fingerprint density at radius 1 is 1.14 bits per heavy atom. The molecule has 12 unspecified atom stereocenters. The Hall–Kier alpha value is -2.71. The number of fused-ring (bicyclic) bond motifs is 7. The zero-order valence-electron chi connectivity index (χ0n) is 24.8. The summed E-state index contributed by atoms with van der Waals surface area (Å²) in [7, 11) is 0. The van der Waals surface area contributed by atoms with Gasteiger partial charge < -0.3 is 44.8 Å². The van der Waals surface area contributed by atoms with E-state index in [1.165, 1.54) is 12.2 Å². The van der Waals surface area contributed by atoms with Gasteiger partial charge in [-0.2, -0.15) is 0 Å². The molecular weight excluding hydrogens is 576 g/mol. The molecule has 0 spiro atoms. The van der Waals surface area contributed by atoms with Gasteiger partial charge in [-0.1, -0.05) is 63.1 Å². The molecule has 1 heterocycles. The lowest BCUT2D eigenvalue weighted by molar-refractivity contribution is -0.224. The van der Waals surface area contributed by atoms with E-state index in [0.717, 1.165) is 37.8 Å². The highest BCUT2D eigenvalue weighted by atomic mass is 16.6. The fourth-order valence-corrected chi connectivity index (χ4v) is 8.04. The summed E-state index contributed by atoms with van der Waals surface area (Å²) in [5.74, 6) is -6.61. The van der Waals surface area contributed by atoms with E-state index in [9.17, 15) is 45.0 Å². The number of hydrogen-bond acceptors (Lipinski definition) is 12. The van der Waals surface area contributed by atoms with Crippen molar-refractivity contribution < 1.29 is 59.2 Å². The molecule has 4 aliphatic carbocycles. The Balaban J connectivity index is 1.45. The summed E-state index contributed by atoms with van der Waals surface area (Å²) in [6.45, 7) is 2.13. The number of allylic oxidation sites excluding steroid dienone is 5. The van der Waals surface area contributed by atoms with Gasteiger partial charge in [-0.25, -0.2) is 9.59 Å². The molecule has 12 nitrogen and oxygen atoms in total. The van der Waals surface area contributed by atoms with Crippen LogP contribution in [0.5, 0.6) is 0 Å². The lowest BCUT2D eigenvalue weighted by Gasteiger charge is -2.49. The van der Waals surface area contributed by atoms with Crippen molar-refractivity contribution in [3.8, 4) is 0 Å². The minimum Gasteiger partial charge on any atom is -0.455 e. The highest BCUT2D eigenvalue weighted by Crippen LogP contribution is 2.73. The molecule has 0 aromatic heterocycles. The molecule has 12 atom stereocenters. The van der Waals surface area contributed by atoms with Gasteiger partial charge in [0.2, 0.25) is 0 Å². The van der Waals surface area contributed by atoms with E-state index in [4.69, 9.17) is 14.2 Å². The second-order valence-corrected chi connectivity index (χ2v) is 12.7. The first kappa shape index (κ1) is 32.7. The van der Waals surface area contributed by atoms with E-state index in [1.807, 2.05) is 12.2 Å². The quantitative estimate of drug-likeness (QED) is 0.0553. The number of aliphatic hydroxyl groups excluding tert-OH is 4. The summed E-state index contributed by atoms with van der Waals surface area (Å²) >= 11 is 0. The number of carbonyl (C=O) groups is 3. The molecule has 0 aromatic carbocycles. The number of hydrogen-bond donors (Lipinski definition) is 6. The van der Waals surface area contributed by atoms with Crippen LogP contribution in [0.4, 0.5) is 0 Å². The Kier molecular flexibility index (Phi) is 8.84. The van der Waals surface area contributed by atoms with Gasteiger partial charge in [0.1, 0.15) is 17.8 Å². The predicted molar refractivity (Wildman–Crippen MR) is 152 cm³/mol. The number of unbranched alkanes of at least 4 members (excludes halogenated alkanes) is 3. The second kappa shape index (κ2) is 11.9. The van der Waals surface area contributed by atoms with E-state index in [-0.39, 0.29) is 0 Å². The average Bonchev–Trinajstić information content (AvgIpc) is 3.84. The molecule has 5 rings (SSSR count). The summed E-state index contributed by atoms with van der Waals surface area (Å²) in [6, 6.07) is 0. The molecule has 6 N–H and O–H groups in total. The molecule has 0 amide bonds. The minimum atomic E-state index is -2.54. The first-order chi connectivity index (χ1) is 20.9. The van der Waals surface area contributed by atoms with Crippen LogP contribution in [0.1, 0.15) is 46.0 Å². The van der Waals surface area contributed by atoms with Crippen molar-refractivity contribution in [1.29, 1.82) is 0 Å². The third kappa shape index (κ3) is 4.82. The SMILES string of the molecule is CCCCC/C=C/C=C/C=C/C(=O)OC1CC2(O)C(C3OC3(CO)C(O)C3(O)C(=O)C=CC23)C2C(C)C12OC(=O)C(O)CO. The standard InChI is InChI=1S/C32H42O12/c1-3-4-5-6-7-8-9-10-11-12-23(37)42-22-15-29(40)20-13-14-21(36)31(20,41)28(39)30(17-34)26(43-30)25(29)24-18(2)32(22,24)44-27(38)19(35)16-33/h7-14,18-20,22,24-26,28,33-35,39-41H,3-6,15-17H2,1-2H3/b8-7+,10-9+,12-11+. The number of ether oxygens (including phenoxy) is 3. The fraction of sp³-hybridized carbons (Fsp3) is 0.656. The van der Waals surface area contributed by atoms with E-state index >= 15 is 0 Å². The minimum absolute atomic E-state index is 0.435. The van der Waals surface area contributed by atoms with Gasteiger partial charge in [-0.05, 0) is 18.9 Å². The van der Waals surface area contributed by atoms with Crippen LogP contribution in [0.2, 0.25) is 0 Å². The van der Waals surface area contributed by atoms with E-state index < -0.39 is 108 Å². The normalized spacial score (nSPS) is 44.2. The van der Waals surface area contributed by atoms with Crippen LogP contribution in [0, 0.1) is 23.7 Å². The Bertz CT molecular complexity index is 1270. The summed E-state index contributed by atoms with van der Waals surface area (Å²) in [5.41, 5.74) is -7.90. The lowest BCUT2D eigenvalue weighted by atomic mass is 9.63. The van der Waals surface area contributed by atoms with Crippen LogP contribution in [-0.4, -0.2) is 108 Å². The summed E-state index contributed by atoms with van der Waals surface area (Å²) in [5, 5.41) is 64.9. The molecule has 12 heteroatoms. The third-order valence-electron chi connectivity index (χ3n) is 10.4. The van der Waals surface area contributed by atoms with Crippen molar-refractivity contribution in [2.24, 2.45) is 23.7 Å². The van der Waals surface area contributed by atoms with Crippen molar-refractivity contribution in [3.63, 3.8) is 0 Å². The van der Waals surface area contributed by atoms with Gasteiger partial charge >= 0.3 is 11.9 Å². The summed E-state index contributed by atoms with van der Waals surface area (Å²) in [4.78, 5) is 38.8. The largest absolute Gasteiger partial charge is 0.455 e. The maximum absolute atomic E-state index is 13.0. The maximum atomic E-state index is 13.0. The summed E-state index contributed by atoms with van der Waals surface area (Å²) in [6.07, 6.45) is 10.0. The molecule has 44 heavy (non-hydrogen) atoms. The monoisotopic (exact) mass is 618 g/mol. The molecule has 3 saturated carbocycles. The van der Waals surface area contributed by atoms with Crippen molar-refractivity contribution >= 4 is 17.7 Å². The van der Waals surface area contributed by atoms with E-state index in [2.05, 4.69) is 6.92 Å². The van der Waals surface area contributed by atoms with Crippen LogP contribution < -0.4 is 0 Å². The van der Waals surface area contributed by atoms with E-state index in [1.54, 1.807) is 19.1 Å². The Morgan fingerprint density at radius 3 is 2.55 bits per heavy atom. The van der Waals surface area contributed by atoms with Crippen molar-refractivity contribution in [1.82, 2.24) is 0 Å². The maximum Gasteiger partial charge on any atom is 0.338 e. The van der Waals surface area contributed by atoms with Gasteiger partial charge in [-0.3, -0.25) is 4.79 Å². The van der Waals surface area contributed by atoms with Gasteiger partial charge in [0.25, 0.3) is 0 Å². The van der Waals surface area contributed by atoms with Gasteiger partial charge in [-0.15, -0.1) is 0 Å². The number of carbonyl (C=O) groups excluding carboxylic acids is 3.